The number of carbonyl (C=O) groups is 2. The fourth-order valence-electron chi connectivity index (χ4n) is 2.36. The summed E-state index contributed by atoms with van der Waals surface area (Å²) in [7, 11) is 0. The van der Waals surface area contributed by atoms with E-state index >= 15 is 0 Å². The Balaban J connectivity index is 2.20. The molecule has 1 aromatic rings. The smallest absolute Gasteiger partial charge is 0.270 e. The number of piperidine rings is 1. The van der Waals surface area contributed by atoms with E-state index in [-0.39, 0.29) is 34.6 Å². The molecule has 0 aliphatic carbocycles. The normalized spacial score (nSPS) is 18.3. The summed E-state index contributed by atoms with van der Waals surface area (Å²) in [6.45, 7) is 0.761. The number of non-ortho nitro benzene ring substituents is 1. The van der Waals surface area contributed by atoms with Crippen molar-refractivity contribution in [3.05, 3.63) is 38.9 Å². The molecule has 21 heavy (non-hydrogen) atoms. The van der Waals surface area contributed by atoms with Crippen molar-refractivity contribution in [1.82, 2.24) is 4.90 Å². The molecule has 1 aliphatic rings. The van der Waals surface area contributed by atoms with E-state index in [9.17, 15) is 19.7 Å². The Labute approximate surface area is 125 Å². The SMILES string of the molecule is NC(=O)C1CCCN(C(=O)c2ccc([N+](=O)[O-])cc2Cl)C1. The maximum atomic E-state index is 12.4. The van der Waals surface area contributed by atoms with Crippen LogP contribution in [0.4, 0.5) is 5.69 Å². The van der Waals surface area contributed by atoms with Crippen LogP contribution in [0, 0.1) is 16.0 Å². The third-order valence-electron chi connectivity index (χ3n) is 3.50. The quantitative estimate of drug-likeness (QED) is 0.675. The molecule has 2 rings (SSSR count). The number of primary amides is 1. The van der Waals surface area contributed by atoms with Crippen LogP contribution in [0.15, 0.2) is 18.2 Å². The van der Waals surface area contributed by atoms with Gasteiger partial charge in [-0.25, -0.2) is 0 Å². The lowest BCUT2D eigenvalue weighted by Gasteiger charge is -2.31. The molecule has 7 nitrogen and oxygen atoms in total. The topological polar surface area (TPSA) is 107 Å². The number of amides is 2. The minimum atomic E-state index is -0.579. The number of carbonyl (C=O) groups excluding carboxylic acids is 2. The molecule has 0 spiro atoms. The van der Waals surface area contributed by atoms with Gasteiger partial charge in [0.2, 0.25) is 5.91 Å². The number of hydrogen-bond acceptors (Lipinski definition) is 4. The van der Waals surface area contributed by atoms with E-state index < -0.39 is 10.8 Å². The van der Waals surface area contributed by atoms with Crippen LogP contribution in [0.3, 0.4) is 0 Å². The number of nitrogens with zero attached hydrogens (tertiary/aromatic N) is 2. The molecular weight excluding hydrogens is 298 g/mol. The highest BCUT2D eigenvalue weighted by Gasteiger charge is 2.28. The van der Waals surface area contributed by atoms with Crippen molar-refractivity contribution in [2.75, 3.05) is 13.1 Å². The summed E-state index contributed by atoms with van der Waals surface area (Å²) < 4.78 is 0. The molecule has 1 saturated heterocycles. The first-order valence-corrected chi connectivity index (χ1v) is 6.80. The molecule has 0 radical (unpaired) electrons. The van der Waals surface area contributed by atoms with Gasteiger partial charge in [0, 0.05) is 25.2 Å². The monoisotopic (exact) mass is 311 g/mol. The van der Waals surface area contributed by atoms with Gasteiger partial charge in [-0.1, -0.05) is 11.6 Å². The minimum absolute atomic E-state index is 0.0235. The highest BCUT2D eigenvalue weighted by molar-refractivity contribution is 6.34. The van der Waals surface area contributed by atoms with Crippen LogP contribution in [0.1, 0.15) is 23.2 Å². The molecule has 1 fully saturated rings. The second-order valence-electron chi connectivity index (χ2n) is 4.91. The Morgan fingerprint density at radius 3 is 2.71 bits per heavy atom. The van der Waals surface area contributed by atoms with Gasteiger partial charge in [-0.15, -0.1) is 0 Å². The third kappa shape index (κ3) is 3.30. The zero-order valence-electron chi connectivity index (χ0n) is 11.1. The lowest BCUT2D eigenvalue weighted by atomic mass is 9.97. The molecule has 1 aromatic carbocycles. The summed E-state index contributed by atoms with van der Waals surface area (Å²) in [4.78, 5) is 35.2. The van der Waals surface area contributed by atoms with E-state index in [4.69, 9.17) is 17.3 Å². The number of rotatable bonds is 3. The molecule has 0 aromatic heterocycles. The van der Waals surface area contributed by atoms with Crippen LogP contribution in [-0.4, -0.2) is 34.7 Å². The van der Waals surface area contributed by atoms with Crippen molar-refractivity contribution in [2.24, 2.45) is 11.7 Å². The van der Waals surface area contributed by atoms with Gasteiger partial charge >= 0.3 is 0 Å². The van der Waals surface area contributed by atoms with Gasteiger partial charge in [0.25, 0.3) is 11.6 Å². The van der Waals surface area contributed by atoms with Crippen molar-refractivity contribution in [3.8, 4) is 0 Å². The summed E-state index contributed by atoms with van der Waals surface area (Å²) >= 11 is 5.94. The largest absolute Gasteiger partial charge is 0.369 e. The summed E-state index contributed by atoms with van der Waals surface area (Å²) in [5, 5.41) is 10.7. The molecule has 0 saturated carbocycles. The molecule has 0 bridgehead atoms. The van der Waals surface area contributed by atoms with Crippen molar-refractivity contribution in [3.63, 3.8) is 0 Å². The maximum Gasteiger partial charge on any atom is 0.270 e. The molecule has 1 aliphatic heterocycles. The van der Waals surface area contributed by atoms with Gasteiger partial charge in [-0.3, -0.25) is 19.7 Å². The number of likely N-dealkylation sites (tertiary alicyclic amines) is 1. The number of halogens is 1. The fourth-order valence-corrected chi connectivity index (χ4v) is 2.61. The Bertz CT molecular complexity index is 605. The average molecular weight is 312 g/mol. The van der Waals surface area contributed by atoms with Crippen molar-refractivity contribution in [1.29, 1.82) is 0 Å². The molecule has 2 amide bonds. The zero-order chi connectivity index (χ0) is 15.6. The van der Waals surface area contributed by atoms with Gasteiger partial charge in [-0.05, 0) is 18.9 Å². The van der Waals surface area contributed by atoms with Crippen LogP contribution in [-0.2, 0) is 4.79 Å². The first kappa shape index (κ1) is 15.2. The van der Waals surface area contributed by atoms with Gasteiger partial charge in [0.05, 0.1) is 21.4 Å². The van der Waals surface area contributed by atoms with Crippen molar-refractivity contribution in [2.45, 2.75) is 12.8 Å². The molecule has 8 heteroatoms. The Kier molecular flexibility index (Phi) is 4.42. The summed E-state index contributed by atoms with van der Waals surface area (Å²) in [5.41, 5.74) is 5.29. The average Bonchev–Trinajstić information content (AvgIpc) is 2.46. The minimum Gasteiger partial charge on any atom is -0.369 e. The second-order valence-corrected chi connectivity index (χ2v) is 5.32. The number of nitrogens with two attached hydrogens (primary N) is 1. The van der Waals surface area contributed by atoms with E-state index in [2.05, 4.69) is 0 Å². The van der Waals surface area contributed by atoms with Gasteiger partial charge in [0.15, 0.2) is 0 Å². The number of hydrogen-bond donors (Lipinski definition) is 1. The van der Waals surface area contributed by atoms with Crippen molar-refractivity contribution >= 4 is 29.1 Å². The standard InChI is InChI=1S/C13H14ClN3O4/c14-11-6-9(17(20)21)3-4-10(11)13(19)16-5-1-2-8(7-16)12(15)18/h3-4,6,8H,1-2,5,7H2,(H2,15,18). The van der Waals surface area contributed by atoms with Gasteiger partial charge < -0.3 is 10.6 Å². The predicted molar refractivity (Wildman–Crippen MR) is 75.9 cm³/mol. The second kappa shape index (κ2) is 6.09. The highest BCUT2D eigenvalue weighted by Crippen LogP contribution is 2.25. The van der Waals surface area contributed by atoms with Gasteiger partial charge in [-0.2, -0.15) is 0 Å². The van der Waals surface area contributed by atoms with Gasteiger partial charge in [0.1, 0.15) is 0 Å². The first-order chi connectivity index (χ1) is 9.90. The molecule has 2 N–H and O–H groups in total. The van der Waals surface area contributed by atoms with Crippen LogP contribution < -0.4 is 5.73 Å². The van der Waals surface area contributed by atoms with Crippen LogP contribution >= 0.6 is 11.6 Å². The lowest BCUT2D eigenvalue weighted by Crippen LogP contribution is -2.44. The van der Waals surface area contributed by atoms with E-state index in [1.807, 2.05) is 0 Å². The van der Waals surface area contributed by atoms with E-state index in [1.165, 1.54) is 17.0 Å². The Hall–Kier alpha value is -2.15. The lowest BCUT2D eigenvalue weighted by molar-refractivity contribution is -0.384. The van der Waals surface area contributed by atoms with Crippen LogP contribution in [0.25, 0.3) is 0 Å². The van der Waals surface area contributed by atoms with E-state index in [0.29, 0.717) is 19.4 Å². The van der Waals surface area contributed by atoms with E-state index in [0.717, 1.165) is 6.07 Å². The number of nitro groups is 1. The van der Waals surface area contributed by atoms with Crippen LogP contribution in [0.2, 0.25) is 5.02 Å². The summed E-state index contributed by atoms with van der Waals surface area (Å²) in [6.07, 6.45) is 1.34. The summed E-state index contributed by atoms with van der Waals surface area (Å²) in [6, 6.07) is 3.70. The number of nitro benzene ring substituents is 1. The maximum absolute atomic E-state index is 12.4. The Morgan fingerprint density at radius 2 is 2.14 bits per heavy atom. The Morgan fingerprint density at radius 1 is 1.43 bits per heavy atom. The molecule has 1 atom stereocenters. The molecule has 112 valence electrons. The van der Waals surface area contributed by atoms with Crippen LogP contribution in [0.5, 0.6) is 0 Å². The van der Waals surface area contributed by atoms with Crippen molar-refractivity contribution < 1.29 is 14.5 Å². The zero-order valence-corrected chi connectivity index (χ0v) is 11.9. The van der Waals surface area contributed by atoms with E-state index in [1.54, 1.807) is 0 Å². The fraction of sp³-hybridized carbons (Fsp3) is 0.385. The third-order valence-corrected chi connectivity index (χ3v) is 3.82. The molecular formula is C13H14ClN3O4. The molecule has 1 unspecified atom stereocenters. The highest BCUT2D eigenvalue weighted by atomic mass is 35.5. The first-order valence-electron chi connectivity index (χ1n) is 6.42. The molecule has 1 heterocycles. The predicted octanol–water partition coefficient (Wildman–Crippen LogP) is 1.59. The number of benzene rings is 1. The summed E-state index contributed by atoms with van der Waals surface area (Å²) in [5.74, 6) is -1.14.